The normalized spacial score (nSPS) is 17.5. The quantitative estimate of drug-likeness (QED) is 0.519. The predicted molar refractivity (Wildman–Crippen MR) is 122 cm³/mol. The van der Waals surface area contributed by atoms with Crippen LogP contribution in [0.25, 0.3) is 0 Å². The largest absolute Gasteiger partial charge is 0.504 e. The van der Waals surface area contributed by atoms with E-state index in [1.54, 1.807) is 6.07 Å². The molecule has 5 nitrogen and oxygen atoms in total. The first-order chi connectivity index (χ1) is 15.1. The van der Waals surface area contributed by atoms with E-state index in [9.17, 15) is 10.2 Å². The minimum absolute atomic E-state index is 0.224. The lowest BCUT2D eigenvalue weighted by Gasteiger charge is -2.42. The topological polar surface area (TPSA) is 62.2 Å². The zero-order valence-electron chi connectivity index (χ0n) is 18.8. The van der Waals surface area contributed by atoms with Crippen LogP contribution in [0.4, 0.5) is 0 Å². The van der Waals surface area contributed by atoms with Crippen LogP contribution in [0.1, 0.15) is 74.2 Å². The van der Waals surface area contributed by atoms with E-state index in [1.807, 2.05) is 18.2 Å². The summed E-state index contributed by atoms with van der Waals surface area (Å²) in [7, 11) is 0. The molecular formula is C26H35NO4. The fraction of sp³-hybridized carbons (Fsp3) is 0.538. The minimum Gasteiger partial charge on any atom is -0.504 e. The number of phenols is 2. The number of nitrogens with zero attached hydrogens (tertiary/aromatic N) is 1. The molecule has 2 aliphatic heterocycles. The Balaban J connectivity index is 1.55. The van der Waals surface area contributed by atoms with Crippen molar-refractivity contribution in [3.8, 4) is 23.0 Å². The third kappa shape index (κ3) is 4.62. The number of benzene rings is 2. The number of unbranched alkanes of at least 4 members (excludes halogenated alkanes) is 3. The number of ether oxygens (including phenoxy) is 2. The fourth-order valence-corrected chi connectivity index (χ4v) is 4.82. The molecule has 2 heterocycles. The molecule has 0 amide bonds. The summed E-state index contributed by atoms with van der Waals surface area (Å²) in [6.07, 6.45) is 7.28. The first-order valence-electron chi connectivity index (χ1n) is 11.8. The number of phenolic OH excluding ortho intramolecular Hbond substituents is 2. The van der Waals surface area contributed by atoms with E-state index >= 15 is 0 Å². The molecule has 2 aromatic rings. The average molecular weight is 426 g/mol. The summed E-state index contributed by atoms with van der Waals surface area (Å²) in [5.74, 6) is 1.71. The molecule has 0 unspecified atom stereocenters. The molecule has 4 rings (SSSR count). The van der Waals surface area contributed by atoms with E-state index in [2.05, 4.69) is 18.7 Å². The fourth-order valence-electron chi connectivity index (χ4n) is 4.82. The van der Waals surface area contributed by atoms with E-state index in [0.717, 1.165) is 50.8 Å². The van der Waals surface area contributed by atoms with Crippen molar-refractivity contribution in [2.45, 2.75) is 71.4 Å². The van der Waals surface area contributed by atoms with Crippen LogP contribution in [0.3, 0.4) is 0 Å². The van der Waals surface area contributed by atoms with Gasteiger partial charge in [-0.1, -0.05) is 39.2 Å². The minimum atomic E-state index is 0.224. The maximum absolute atomic E-state index is 10.5. The molecule has 0 aliphatic carbocycles. The Labute approximate surface area is 185 Å². The van der Waals surface area contributed by atoms with E-state index in [-0.39, 0.29) is 17.5 Å². The van der Waals surface area contributed by atoms with Gasteiger partial charge in [0.15, 0.2) is 23.0 Å². The summed E-state index contributed by atoms with van der Waals surface area (Å²) in [6.45, 7) is 7.22. The molecule has 0 fully saturated rings. The van der Waals surface area contributed by atoms with Crippen LogP contribution in [0.5, 0.6) is 23.0 Å². The molecule has 1 atom stereocenters. The van der Waals surface area contributed by atoms with Gasteiger partial charge in [0, 0.05) is 24.7 Å². The molecule has 168 valence electrons. The van der Waals surface area contributed by atoms with Crippen molar-refractivity contribution in [1.82, 2.24) is 4.90 Å². The standard InChI is InChI=1S/C26H35NO4/c1-3-5-6-7-13-31-26-21-17-27-11-10-19-15-25(30-12-4-2)24(29)16-20(19)22(27)14-18(21)8-9-23(26)28/h8-9,15-16,22,28-29H,3-7,10-14,17H2,1-2H3/t22-/m0/s1. The molecule has 2 aromatic carbocycles. The van der Waals surface area contributed by atoms with Crippen LogP contribution < -0.4 is 9.47 Å². The van der Waals surface area contributed by atoms with Crippen molar-refractivity contribution in [2.75, 3.05) is 19.8 Å². The zero-order valence-corrected chi connectivity index (χ0v) is 18.8. The molecule has 2 aliphatic rings. The third-order valence-electron chi connectivity index (χ3n) is 6.51. The van der Waals surface area contributed by atoms with Crippen molar-refractivity contribution < 1.29 is 19.7 Å². The lowest BCUT2D eigenvalue weighted by Crippen LogP contribution is -2.39. The van der Waals surface area contributed by atoms with Gasteiger partial charge in [-0.05, 0) is 60.6 Å². The summed E-state index contributed by atoms with van der Waals surface area (Å²) in [5, 5.41) is 21.0. The smallest absolute Gasteiger partial charge is 0.165 e. The second-order valence-corrected chi connectivity index (χ2v) is 8.77. The van der Waals surface area contributed by atoms with E-state index in [0.29, 0.717) is 24.7 Å². The van der Waals surface area contributed by atoms with Gasteiger partial charge < -0.3 is 19.7 Å². The van der Waals surface area contributed by atoms with Crippen molar-refractivity contribution in [2.24, 2.45) is 0 Å². The maximum Gasteiger partial charge on any atom is 0.165 e. The lowest BCUT2D eigenvalue weighted by atomic mass is 9.83. The summed E-state index contributed by atoms with van der Waals surface area (Å²) < 4.78 is 11.8. The average Bonchev–Trinajstić information content (AvgIpc) is 2.78. The van der Waals surface area contributed by atoms with E-state index in [4.69, 9.17) is 9.47 Å². The summed E-state index contributed by atoms with van der Waals surface area (Å²) in [5.41, 5.74) is 4.79. The highest BCUT2D eigenvalue weighted by Crippen LogP contribution is 2.45. The van der Waals surface area contributed by atoms with Crippen molar-refractivity contribution in [3.05, 3.63) is 46.5 Å². The molecule has 0 radical (unpaired) electrons. The second-order valence-electron chi connectivity index (χ2n) is 8.77. The highest BCUT2D eigenvalue weighted by atomic mass is 16.5. The molecule has 0 aromatic heterocycles. The van der Waals surface area contributed by atoms with Crippen LogP contribution in [-0.4, -0.2) is 34.9 Å². The van der Waals surface area contributed by atoms with Crippen molar-refractivity contribution in [3.63, 3.8) is 0 Å². The number of hydrogen-bond acceptors (Lipinski definition) is 5. The molecule has 0 saturated heterocycles. The molecule has 2 N–H and O–H groups in total. The molecule has 31 heavy (non-hydrogen) atoms. The summed E-state index contributed by atoms with van der Waals surface area (Å²) >= 11 is 0. The molecular weight excluding hydrogens is 390 g/mol. The van der Waals surface area contributed by atoms with Gasteiger partial charge in [0.05, 0.1) is 13.2 Å². The van der Waals surface area contributed by atoms with Crippen LogP contribution in [-0.2, 0) is 19.4 Å². The Morgan fingerprint density at radius 1 is 0.935 bits per heavy atom. The number of aromatic hydroxyl groups is 2. The van der Waals surface area contributed by atoms with Gasteiger partial charge in [-0.3, -0.25) is 4.90 Å². The van der Waals surface area contributed by atoms with Crippen molar-refractivity contribution in [1.29, 1.82) is 0 Å². The molecule has 0 spiro atoms. The van der Waals surface area contributed by atoms with Crippen LogP contribution in [0, 0.1) is 0 Å². The molecule has 0 saturated carbocycles. The number of rotatable bonds is 9. The first kappa shape index (κ1) is 21.8. The van der Waals surface area contributed by atoms with Crippen LogP contribution in [0.2, 0.25) is 0 Å². The van der Waals surface area contributed by atoms with Gasteiger partial charge in [0.2, 0.25) is 0 Å². The van der Waals surface area contributed by atoms with Crippen LogP contribution >= 0.6 is 0 Å². The molecule has 0 bridgehead atoms. The van der Waals surface area contributed by atoms with E-state index in [1.165, 1.54) is 29.5 Å². The van der Waals surface area contributed by atoms with Gasteiger partial charge >= 0.3 is 0 Å². The SMILES string of the molecule is CCCCCCOc1c(O)ccc2c1CN1CCc3cc(OCCC)c(O)cc3[C@@H]1C2. The van der Waals surface area contributed by atoms with Gasteiger partial charge in [0.25, 0.3) is 0 Å². The van der Waals surface area contributed by atoms with Crippen LogP contribution in [0.15, 0.2) is 24.3 Å². The lowest BCUT2D eigenvalue weighted by molar-refractivity contribution is 0.155. The Kier molecular flexibility index (Phi) is 6.91. The maximum atomic E-state index is 10.5. The highest BCUT2D eigenvalue weighted by Gasteiger charge is 2.34. The van der Waals surface area contributed by atoms with E-state index < -0.39 is 0 Å². The van der Waals surface area contributed by atoms with Crippen molar-refractivity contribution >= 4 is 0 Å². The van der Waals surface area contributed by atoms with Gasteiger partial charge in [-0.25, -0.2) is 0 Å². The highest BCUT2D eigenvalue weighted by molar-refractivity contribution is 5.54. The second kappa shape index (κ2) is 9.82. The number of hydrogen-bond donors (Lipinski definition) is 2. The Bertz CT molecular complexity index is 911. The predicted octanol–water partition coefficient (Wildman–Crippen LogP) is 5.50. The number of fused-ring (bicyclic) bond motifs is 4. The van der Waals surface area contributed by atoms with Gasteiger partial charge in [0.1, 0.15) is 0 Å². The zero-order chi connectivity index (χ0) is 21.8. The third-order valence-corrected chi connectivity index (χ3v) is 6.51. The van der Waals surface area contributed by atoms with Gasteiger partial charge in [-0.2, -0.15) is 0 Å². The summed E-state index contributed by atoms with van der Waals surface area (Å²) in [4.78, 5) is 2.44. The first-order valence-corrected chi connectivity index (χ1v) is 11.8. The molecule has 5 heteroatoms. The van der Waals surface area contributed by atoms with Gasteiger partial charge in [-0.15, -0.1) is 0 Å². The Hall–Kier alpha value is -2.40. The Morgan fingerprint density at radius 3 is 2.61 bits per heavy atom. The summed E-state index contributed by atoms with van der Waals surface area (Å²) in [6, 6.07) is 7.93. The Morgan fingerprint density at radius 2 is 1.81 bits per heavy atom. The monoisotopic (exact) mass is 425 g/mol.